The van der Waals surface area contributed by atoms with Gasteiger partial charge in [-0.05, 0) is 30.8 Å². The van der Waals surface area contributed by atoms with E-state index in [1.807, 2.05) is 74.5 Å². The van der Waals surface area contributed by atoms with Gasteiger partial charge in [-0.2, -0.15) is 0 Å². The molecule has 0 radical (unpaired) electrons. The Balaban J connectivity index is 2.18. The van der Waals surface area contributed by atoms with Crippen LogP contribution in [0.15, 0.2) is 76.4 Å². The molecule has 0 amide bonds. The van der Waals surface area contributed by atoms with E-state index < -0.39 is 0 Å². The fraction of sp³-hybridized carbons (Fsp3) is 0.227. The van der Waals surface area contributed by atoms with E-state index in [-0.39, 0.29) is 16.0 Å². The predicted octanol–water partition coefficient (Wildman–Crippen LogP) is 4.86. The first-order valence-corrected chi connectivity index (χ1v) is 10.6. The largest absolute Gasteiger partial charge is 0.506 e. The molecule has 3 aromatic rings. The van der Waals surface area contributed by atoms with Gasteiger partial charge in [-0.3, -0.25) is 14.3 Å². The van der Waals surface area contributed by atoms with Crippen molar-refractivity contribution in [1.29, 1.82) is 0 Å². The molecule has 1 aromatic heterocycles. The average Bonchev–Trinajstić information content (AvgIpc) is 2.73. The maximum absolute atomic E-state index is 13.4. The van der Waals surface area contributed by atoms with E-state index >= 15 is 0 Å². The molecule has 0 spiro atoms. The van der Waals surface area contributed by atoms with Gasteiger partial charge in [0.1, 0.15) is 15.4 Å². The Labute approximate surface area is 175 Å². The second-order valence-electron chi connectivity index (χ2n) is 6.25. The van der Waals surface area contributed by atoms with Crippen LogP contribution in [0.2, 0.25) is 0 Å². The van der Waals surface area contributed by atoms with E-state index in [0.717, 1.165) is 24.3 Å². The third kappa shape index (κ3) is 4.29. The lowest BCUT2D eigenvalue weighted by molar-refractivity contribution is 0.340. The first kappa shape index (κ1) is 20.6. The summed E-state index contributed by atoms with van der Waals surface area (Å²) in [4.78, 5) is 15.9. The van der Waals surface area contributed by atoms with Crippen LogP contribution in [0, 0.1) is 0 Å². The van der Waals surface area contributed by atoms with Crippen molar-refractivity contribution in [2.24, 2.45) is 0 Å². The maximum Gasteiger partial charge on any atom is 0.273 e. The van der Waals surface area contributed by atoms with Crippen molar-refractivity contribution < 1.29 is 5.11 Å². The fourth-order valence-corrected chi connectivity index (χ4v) is 4.73. The third-order valence-electron chi connectivity index (χ3n) is 4.58. The number of aromatic nitrogens is 1. The molecule has 146 valence electrons. The summed E-state index contributed by atoms with van der Waals surface area (Å²) in [5, 5.41) is 10.7. The number of hydrogen-bond acceptors (Lipinski definition) is 5. The molecule has 0 fully saturated rings. The molecular formula is C22H24N2O2S2. The van der Waals surface area contributed by atoms with Crippen molar-refractivity contribution in [3.05, 3.63) is 77.1 Å². The second-order valence-corrected chi connectivity index (χ2v) is 8.18. The minimum absolute atomic E-state index is 0.0211. The molecule has 28 heavy (non-hydrogen) atoms. The van der Waals surface area contributed by atoms with Crippen LogP contribution in [0.1, 0.15) is 13.8 Å². The van der Waals surface area contributed by atoms with Crippen molar-refractivity contribution in [2.75, 3.05) is 13.1 Å². The molecule has 0 saturated heterocycles. The van der Waals surface area contributed by atoms with Crippen molar-refractivity contribution >= 4 is 24.4 Å². The second kappa shape index (κ2) is 9.37. The van der Waals surface area contributed by atoms with Gasteiger partial charge in [0.25, 0.3) is 5.56 Å². The standard InChI is InChI=1S/C22H24N2O2S2/c1-3-23(4-2)22(27)28-20-19(25)15-18(16-11-7-5-8-12-16)24(21(20)26)17-13-9-6-10-14-17/h5-15,22,25,27H,3-4H2,1-2H3. The quantitative estimate of drug-likeness (QED) is 0.331. The maximum atomic E-state index is 13.4. The van der Waals surface area contributed by atoms with E-state index in [4.69, 9.17) is 0 Å². The van der Waals surface area contributed by atoms with Crippen LogP contribution in [0.4, 0.5) is 0 Å². The Bertz CT molecular complexity index is 971. The van der Waals surface area contributed by atoms with Crippen molar-refractivity contribution in [3.63, 3.8) is 0 Å². The molecule has 0 aliphatic rings. The summed E-state index contributed by atoms with van der Waals surface area (Å²) >= 11 is 5.91. The molecule has 2 aromatic carbocycles. The summed E-state index contributed by atoms with van der Waals surface area (Å²) in [5.74, 6) is -0.0211. The number of benzene rings is 2. The van der Waals surface area contributed by atoms with Gasteiger partial charge < -0.3 is 5.11 Å². The Kier molecular flexibility index (Phi) is 6.88. The first-order chi connectivity index (χ1) is 13.6. The fourth-order valence-electron chi connectivity index (χ4n) is 3.06. The van der Waals surface area contributed by atoms with Crippen LogP contribution in [0.3, 0.4) is 0 Å². The molecule has 1 heterocycles. The van der Waals surface area contributed by atoms with E-state index in [9.17, 15) is 9.90 Å². The van der Waals surface area contributed by atoms with Gasteiger partial charge in [-0.1, -0.05) is 74.1 Å². The van der Waals surface area contributed by atoms with Gasteiger partial charge in [-0.25, -0.2) is 0 Å². The Hall–Kier alpha value is -2.15. The molecule has 0 bridgehead atoms. The molecule has 3 rings (SSSR count). The van der Waals surface area contributed by atoms with Crippen LogP contribution < -0.4 is 5.56 Å². The molecule has 1 N–H and O–H groups in total. The van der Waals surface area contributed by atoms with Crippen molar-refractivity contribution in [3.8, 4) is 22.7 Å². The highest BCUT2D eigenvalue weighted by molar-refractivity contribution is 8.10. The summed E-state index contributed by atoms with van der Waals surface area (Å²) in [7, 11) is 0. The van der Waals surface area contributed by atoms with E-state index in [2.05, 4.69) is 17.5 Å². The topological polar surface area (TPSA) is 45.5 Å². The van der Waals surface area contributed by atoms with Gasteiger partial charge in [0.05, 0.1) is 5.69 Å². The Morgan fingerprint density at radius 1 is 1.04 bits per heavy atom. The minimum atomic E-state index is -0.249. The normalized spacial score (nSPS) is 12.3. The number of thiol groups is 1. The van der Waals surface area contributed by atoms with Crippen molar-refractivity contribution in [2.45, 2.75) is 23.4 Å². The summed E-state index contributed by atoms with van der Waals surface area (Å²) in [5.41, 5.74) is 2.02. The zero-order valence-corrected chi connectivity index (χ0v) is 17.7. The number of rotatable bonds is 7. The monoisotopic (exact) mass is 412 g/mol. The van der Waals surface area contributed by atoms with Crippen LogP contribution in [-0.4, -0.2) is 32.4 Å². The zero-order valence-electron chi connectivity index (χ0n) is 15.9. The first-order valence-electron chi connectivity index (χ1n) is 9.25. The highest BCUT2D eigenvalue weighted by Crippen LogP contribution is 2.35. The number of hydrogen-bond donors (Lipinski definition) is 2. The minimum Gasteiger partial charge on any atom is -0.506 e. The van der Waals surface area contributed by atoms with Crippen LogP contribution in [-0.2, 0) is 0 Å². The molecule has 0 aliphatic heterocycles. The lowest BCUT2D eigenvalue weighted by Crippen LogP contribution is -2.30. The highest BCUT2D eigenvalue weighted by Gasteiger charge is 2.21. The Morgan fingerprint density at radius 2 is 1.61 bits per heavy atom. The number of aromatic hydroxyl groups is 1. The van der Waals surface area contributed by atoms with Crippen LogP contribution >= 0.6 is 24.4 Å². The van der Waals surface area contributed by atoms with Gasteiger partial charge in [-0.15, -0.1) is 12.6 Å². The SMILES string of the molecule is CCN(CC)C(S)Sc1c(O)cc(-c2ccccc2)n(-c2ccccc2)c1=O. The molecule has 4 nitrogen and oxygen atoms in total. The molecule has 0 saturated carbocycles. The third-order valence-corrected chi connectivity index (χ3v) is 6.35. The molecule has 1 unspecified atom stereocenters. The summed E-state index contributed by atoms with van der Waals surface area (Å²) < 4.78 is 1.43. The number of nitrogens with zero attached hydrogens (tertiary/aromatic N) is 2. The smallest absolute Gasteiger partial charge is 0.273 e. The van der Waals surface area contributed by atoms with Gasteiger partial charge in [0.2, 0.25) is 0 Å². The van der Waals surface area contributed by atoms with Crippen molar-refractivity contribution in [1.82, 2.24) is 9.47 Å². The summed E-state index contributed by atoms with van der Waals surface area (Å²) in [6, 6.07) is 20.8. The average molecular weight is 413 g/mol. The van der Waals surface area contributed by atoms with E-state index in [1.165, 1.54) is 11.8 Å². The highest BCUT2D eigenvalue weighted by atomic mass is 32.2. The van der Waals surface area contributed by atoms with Crippen LogP contribution in [0.5, 0.6) is 5.75 Å². The van der Waals surface area contributed by atoms with Crippen LogP contribution in [0.25, 0.3) is 16.9 Å². The van der Waals surface area contributed by atoms with Gasteiger partial charge in [0, 0.05) is 11.8 Å². The predicted molar refractivity (Wildman–Crippen MR) is 121 cm³/mol. The number of thioether (sulfide) groups is 1. The zero-order chi connectivity index (χ0) is 20.1. The lowest BCUT2D eigenvalue weighted by atomic mass is 10.1. The van der Waals surface area contributed by atoms with Gasteiger partial charge in [0.15, 0.2) is 0 Å². The Morgan fingerprint density at radius 3 is 2.18 bits per heavy atom. The number of pyridine rings is 1. The summed E-state index contributed by atoms with van der Waals surface area (Å²) in [6.45, 7) is 5.72. The van der Waals surface area contributed by atoms with Gasteiger partial charge >= 0.3 is 0 Å². The molecule has 0 aliphatic carbocycles. The molecule has 1 atom stereocenters. The lowest BCUT2D eigenvalue weighted by Gasteiger charge is -2.25. The summed E-state index contributed by atoms with van der Waals surface area (Å²) in [6.07, 6.45) is 0. The molecule has 6 heteroatoms. The number of para-hydroxylation sites is 1. The van der Waals surface area contributed by atoms with E-state index in [1.54, 1.807) is 10.6 Å². The van der Waals surface area contributed by atoms with E-state index in [0.29, 0.717) is 10.6 Å². The molecular weight excluding hydrogens is 388 g/mol.